The molecule has 52 heavy (non-hydrogen) atoms. The third-order valence-corrected chi connectivity index (χ3v) is 12.5. The number of piperidine rings is 1. The summed E-state index contributed by atoms with van der Waals surface area (Å²) in [5.41, 5.74) is 6.74. The van der Waals surface area contributed by atoms with Crippen LogP contribution in [0, 0.1) is 0 Å². The van der Waals surface area contributed by atoms with E-state index in [-0.39, 0.29) is 31.6 Å². The lowest BCUT2D eigenvalue weighted by Gasteiger charge is -2.37. The molecule has 1 aromatic heterocycles. The number of hydrogen-bond acceptors (Lipinski definition) is 8. The summed E-state index contributed by atoms with van der Waals surface area (Å²) in [6.07, 6.45) is 1.74. The third-order valence-electron chi connectivity index (χ3n) is 8.84. The predicted molar refractivity (Wildman–Crippen MR) is 203 cm³/mol. The van der Waals surface area contributed by atoms with Crippen molar-refractivity contribution in [1.82, 2.24) is 20.9 Å². The highest BCUT2D eigenvalue weighted by atomic mass is 32.2. The lowest BCUT2D eigenvalue weighted by atomic mass is 9.98. The Morgan fingerprint density at radius 3 is 2.38 bits per heavy atom. The average Bonchev–Trinajstić information content (AvgIpc) is 3.52. The SMILES string of the molecule is CC(=O)NC(Cc1csc2ccccc12)C(=O)NC(CSCP(=O)(O)O)C(=O)N1CCCCC1C(=O)NC(Cc1ccc2ccccc2c1)C(N)=O. The molecule has 7 N–H and O–H groups in total. The van der Waals surface area contributed by atoms with E-state index in [9.17, 15) is 38.3 Å². The number of thiophene rings is 1. The number of primary amides is 1. The van der Waals surface area contributed by atoms with Gasteiger partial charge in [0.15, 0.2) is 0 Å². The minimum Gasteiger partial charge on any atom is -0.368 e. The van der Waals surface area contributed by atoms with Crippen molar-refractivity contribution in [2.75, 3.05) is 17.8 Å². The molecule has 1 aliphatic rings. The molecular formula is C36H42N5O8PS2. The molecule has 16 heteroatoms. The fraction of sp³-hybridized carbons (Fsp3) is 0.361. The normalized spacial score (nSPS) is 16.5. The van der Waals surface area contributed by atoms with Crippen molar-refractivity contribution < 1.29 is 38.3 Å². The molecule has 4 unspecified atom stereocenters. The number of rotatable bonds is 15. The quantitative estimate of drug-likeness (QED) is 0.0982. The highest BCUT2D eigenvalue weighted by molar-refractivity contribution is 8.04. The van der Waals surface area contributed by atoms with Gasteiger partial charge in [-0.05, 0) is 58.0 Å². The molecule has 1 saturated heterocycles. The summed E-state index contributed by atoms with van der Waals surface area (Å²) in [5, 5.41) is 12.9. The molecule has 276 valence electrons. The third kappa shape index (κ3) is 10.4. The smallest absolute Gasteiger partial charge is 0.335 e. The van der Waals surface area contributed by atoms with E-state index in [4.69, 9.17) is 5.73 Å². The van der Waals surface area contributed by atoms with Crippen LogP contribution in [-0.2, 0) is 41.4 Å². The van der Waals surface area contributed by atoms with E-state index in [1.54, 1.807) is 0 Å². The summed E-state index contributed by atoms with van der Waals surface area (Å²) in [7, 11) is -4.45. The Bertz CT molecular complexity index is 2000. The van der Waals surface area contributed by atoms with Gasteiger partial charge in [-0.3, -0.25) is 28.5 Å². The van der Waals surface area contributed by atoms with Crippen molar-refractivity contribution in [3.63, 3.8) is 0 Å². The van der Waals surface area contributed by atoms with Crippen LogP contribution in [0.4, 0.5) is 0 Å². The number of thioether (sulfide) groups is 1. The minimum atomic E-state index is -4.45. The molecule has 2 heterocycles. The van der Waals surface area contributed by atoms with Gasteiger partial charge in [-0.15, -0.1) is 23.1 Å². The van der Waals surface area contributed by atoms with Crippen molar-refractivity contribution in [2.45, 2.75) is 63.2 Å². The zero-order valence-corrected chi connectivity index (χ0v) is 31.1. The number of nitrogens with one attached hydrogen (secondary N) is 3. The monoisotopic (exact) mass is 767 g/mol. The van der Waals surface area contributed by atoms with E-state index < -0.39 is 66.8 Å². The maximum atomic E-state index is 14.2. The topological polar surface area (TPSA) is 208 Å². The molecule has 0 radical (unpaired) electrons. The summed E-state index contributed by atoms with van der Waals surface area (Å²) in [6.45, 7) is 1.45. The predicted octanol–water partition coefficient (Wildman–Crippen LogP) is 3.05. The Kier molecular flexibility index (Phi) is 13.1. The molecule has 13 nitrogen and oxygen atoms in total. The van der Waals surface area contributed by atoms with E-state index >= 15 is 0 Å². The Hall–Kier alpha value is -4.27. The van der Waals surface area contributed by atoms with Crippen LogP contribution in [0.2, 0.25) is 0 Å². The van der Waals surface area contributed by atoms with Gasteiger partial charge in [0.2, 0.25) is 29.5 Å². The Labute approximate surface area is 309 Å². The lowest BCUT2D eigenvalue weighted by Crippen LogP contribution is -2.61. The van der Waals surface area contributed by atoms with Crippen LogP contribution in [0.15, 0.2) is 72.1 Å². The van der Waals surface area contributed by atoms with E-state index in [1.165, 1.54) is 23.2 Å². The molecule has 5 amide bonds. The van der Waals surface area contributed by atoms with Gasteiger partial charge in [0, 0.05) is 36.8 Å². The molecular weight excluding hydrogens is 726 g/mol. The standard InChI is InChI=1S/C36H42N5O8PS2/c1-22(42)38-29(18-26-19-52-32-12-5-4-10-27(26)32)34(44)40-30(20-51-21-50(47,48)49)36(46)41-15-7-6-11-31(41)35(45)39-28(33(37)43)17-23-13-14-24-8-2-3-9-25(24)16-23/h2-5,8-10,12-14,16,19,28-31H,6-7,11,15,17-18,20-21H2,1H3,(H2,37,43)(H,38,42)(H,39,45)(H,40,44)(H2,47,48,49). The zero-order chi connectivity index (χ0) is 37.4. The van der Waals surface area contributed by atoms with Crippen LogP contribution < -0.4 is 21.7 Å². The fourth-order valence-electron chi connectivity index (χ4n) is 6.36. The number of benzene rings is 3. The van der Waals surface area contributed by atoms with Crippen molar-refractivity contribution >= 4 is 81.1 Å². The number of likely N-dealkylation sites (tertiary alicyclic amines) is 1. The molecule has 0 spiro atoms. The molecule has 4 aromatic rings. The molecule has 1 fully saturated rings. The van der Waals surface area contributed by atoms with Crippen molar-refractivity contribution in [2.24, 2.45) is 5.73 Å². The highest BCUT2D eigenvalue weighted by Gasteiger charge is 2.38. The van der Waals surface area contributed by atoms with Crippen molar-refractivity contribution in [1.29, 1.82) is 0 Å². The second-order valence-corrected chi connectivity index (χ2v) is 16.8. The minimum absolute atomic E-state index is 0.131. The molecule has 0 aliphatic carbocycles. The number of nitrogens with zero attached hydrogens (tertiary/aromatic N) is 1. The molecule has 5 rings (SSSR count). The fourth-order valence-corrected chi connectivity index (χ4v) is 9.17. The Morgan fingerprint density at radius 2 is 1.65 bits per heavy atom. The van der Waals surface area contributed by atoms with Crippen LogP contribution in [0.3, 0.4) is 0 Å². The average molecular weight is 768 g/mol. The van der Waals surface area contributed by atoms with E-state index in [2.05, 4.69) is 16.0 Å². The van der Waals surface area contributed by atoms with E-state index in [0.29, 0.717) is 12.8 Å². The van der Waals surface area contributed by atoms with E-state index in [0.717, 1.165) is 43.7 Å². The van der Waals surface area contributed by atoms with Crippen molar-refractivity contribution in [3.8, 4) is 0 Å². The number of carbonyl (C=O) groups is 5. The summed E-state index contributed by atoms with van der Waals surface area (Å²) in [4.78, 5) is 86.9. The number of fused-ring (bicyclic) bond motifs is 2. The van der Waals surface area contributed by atoms with Crippen LogP contribution in [0.5, 0.6) is 0 Å². The van der Waals surface area contributed by atoms with Gasteiger partial charge in [-0.2, -0.15) is 0 Å². The van der Waals surface area contributed by atoms with Gasteiger partial charge in [0.1, 0.15) is 24.2 Å². The van der Waals surface area contributed by atoms with Crippen LogP contribution in [0.25, 0.3) is 20.9 Å². The van der Waals surface area contributed by atoms with Crippen molar-refractivity contribution in [3.05, 3.63) is 83.2 Å². The van der Waals surface area contributed by atoms with Gasteiger partial charge in [-0.1, -0.05) is 60.7 Å². The van der Waals surface area contributed by atoms with Gasteiger partial charge in [0.05, 0.1) is 5.49 Å². The number of carbonyl (C=O) groups excluding carboxylic acids is 5. The Morgan fingerprint density at radius 1 is 0.923 bits per heavy atom. The maximum absolute atomic E-state index is 14.2. The van der Waals surface area contributed by atoms with E-state index in [1.807, 2.05) is 72.1 Å². The number of hydrogen-bond donors (Lipinski definition) is 6. The summed E-state index contributed by atoms with van der Waals surface area (Å²) in [6, 6.07) is 16.7. The van der Waals surface area contributed by atoms with Gasteiger partial charge < -0.3 is 36.4 Å². The zero-order valence-electron chi connectivity index (χ0n) is 28.5. The van der Waals surface area contributed by atoms with Gasteiger partial charge >= 0.3 is 7.60 Å². The van der Waals surface area contributed by atoms with Crippen LogP contribution in [0.1, 0.15) is 37.3 Å². The maximum Gasteiger partial charge on any atom is 0.335 e. The largest absolute Gasteiger partial charge is 0.368 e. The molecule has 4 atom stereocenters. The van der Waals surface area contributed by atoms with Gasteiger partial charge in [0.25, 0.3) is 0 Å². The van der Waals surface area contributed by atoms with Gasteiger partial charge in [-0.25, -0.2) is 0 Å². The second-order valence-electron chi connectivity index (χ2n) is 12.8. The number of nitrogens with two attached hydrogens (primary N) is 1. The van der Waals surface area contributed by atoms with Crippen LogP contribution >= 0.6 is 30.7 Å². The second kappa shape index (κ2) is 17.5. The first-order valence-electron chi connectivity index (χ1n) is 16.8. The molecule has 1 aliphatic heterocycles. The molecule has 3 aromatic carbocycles. The summed E-state index contributed by atoms with van der Waals surface area (Å²) < 4.78 is 12.7. The summed E-state index contributed by atoms with van der Waals surface area (Å²) >= 11 is 2.29. The number of amides is 5. The highest BCUT2D eigenvalue weighted by Crippen LogP contribution is 2.39. The molecule has 0 bridgehead atoms. The first-order valence-corrected chi connectivity index (χ1v) is 20.6. The molecule has 0 saturated carbocycles. The summed E-state index contributed by atoms with van der Waals surface area (Å²) in [5.74, 6) is -3.27. The first-order chi connectivity index (χ1) is 24.8. The first kappa shape index (κ1) is 38.9. The lowest BCUT2D eigenvalue weighted by molar-refractivity contribution is -0.145. The van der Waals surface area contributed by atoms with Crippen LogP contribution in [-0.4, -0.2) is 86.2 Å². The Balaban J connectivity index is 1.34.